The largest absolute Gasteiger partial charge is 0.497 e. The van der Waals surface area contributed by atoms with Gasteiger partial charge in [0.2, 0.25) is 0 Å². The molecule has 2 fully saturated rings. The molecule has 0 saturated carbocycles. The van der Waals surface area contributed by atoms with Crippen molar-refractivity contribution in [3.8, 4) is 5.75 Å². The number of fused-ring (bicyclic) bond motifs is 2. The molecule has 2 aliphatic rings. The molecule has 3 nitrogen and oxygen atoms in total. The van der Waals surface area contributed by atoms with Crippen molar-refractivity contribution in [3.63, 3.8) is 0 Å². The molecule has 2 saturated heterocycles. The first kappa shape index (κ1) is 9.85. The number of carbonyl (C=O) groups excluding carboxylic acids is 1. The van der Waals surface area contributed by atoms with E-state index in [1.54, 1.807) is 7.11 Å². The summed E-state index contributed by atoms with van der Waals surface area (Å²) in [6.07, 6.45) is 1.39. The Morgan fingerprint density at radius 2 is 2.06 bits per heavy atom. The summed E-state index contributed by atoms with van der Waals surface area (Å²) >= 11 is 0. The molecule has 2 bridgehead atoms. The molecule has 1 aromatic rings. The highest BCUT2D eigenvalue weighted by Crippen LogP contribution is 2.42. The van der Waals surface area contributed by atoms with Crippen molar-refractivity contribution in [1.82, 2.24) is 0 Å². The summed E-state index contributed by atoms with van der Waals surface area (Å²) in [4.78, 5) is 11.4. The maximum absolute atomic E-state index is 11.4. The molecule has 0 aliphatic carbocycles. The summed E-state index contributed by atoms with van der Waals surface area (Å²) in [7, 11) is 1.66. The highest BCUT2D eigenvalue weighted by Gasteiger charge is 2.46. The first-order chi connectivity index (χ1) is 7.78. The molecule has 3 atom stereocenters. The fraction of sp³-hybridized carbons (Fsp3) is 0.462. The van der Waals surface area contributed by atoms with Crippen LogP contribution in [0.5, 0.6) is 5.75 Å². The minimum atomic E-state index is -0.142. The third kappa shape index (κ3) is 1.43. The second-order valence-electron chi connectivity index (χ2n) is 4.45. The van der Waals surface area contributed by atoms with E-state index in [0.29, 0.717) is 12.3 Å². The molecule has 0 N–H and O–H groups in total. The Morgan fingerprint density at radius 3 is 2.56 bits per heavy atom. The van der Waals surface area contributed by atoms with Crippen LogP contribution >= 0.6 is 0 Å². The SMILES string of the molecule is COc1ccc([C@H]2C[C@H]3O[C@@H]2CC3=O)cc1. The minimum Gasteiger partial charge on any atom is -0.497 e. The molecule has 3 rings (SSSR count). The Hall–Kier alpha value is -1.35. The predicted molar refractivity (Wildman–Crippen MR) is 58.6 cm³/mol. The third-order valence-electron chi connectivity index (χ3n) is 3.56. The molecule has 84 valence electrons. The molecule has 3 heteroatoms. The quantitative estimate of drug-likeness (QED) is 0.760. The van der Waals surface area contributed by atoms with E-state index >= 15 is 0 Å². The molecular weight excluding hydrogens is 204 g/mol. The Bertz CT molecular complexity index is 410. The van der Waals surface area contributed by atoms with Gasteiger partial charge in [-0.1, -0.05) is 12.1 Å². The number of carbonyl (C=O) groups is 1. The lowest BCUT2D eigenvalue weighted by Crippen LogP contribution is -2.21. The third-order valence-corrected chi connectivity index (χ3v) is 3.56. The Morgan fingerprint density at radius 1 is 1.31 bits per heavy atom. The number of ether oxygens (including phenoxy) is 2. The van der Waals surface area contributed by atoms with Gasteiger partial charge in [0.05, 0.1) is 13.2 Å². The van der Waals surface area contributed by atoms with Gasteiger partial charge in [-0.05, 0) is 24.1 Å². The summed E-state index contributed by atoms with van der Waals surface area (Å²) in [6.45, 7) is 0. The van der Waals surface area contributed by atoms with E-state index in [1.165, 1.54) is 5.56 Å². The summed E-state index contributed by atoms with van der Waals surface area (Å²) in [6, 6.07) is 8.06. The van der Waals surface area contributed by atoms with Gasteiger partial charge in [0, 0.05) is 12.3 Å². The molecule has 0 amide bonds. The number of ketones is 1. The number of Topliss-reactive ketones (excluding diaryl/α,β-unsaturated/α-hetero) is 1. The van der Waals surface area contributed by atoms with Crippen molar-refractivity contribution in [3.05, 3.63) is 29.8 Å². The summed E-state index contributed by atoms with van der Waals surface area (Å²) < 4.78 is 10.8. The lowest BCUT2D eigenvalue weighted by Gasteiger charge is -2.18. The van der Waals surface area contributed by atoms with Crippen LogP contribution in [0.15, 0.2) is 24.3 Å². The molecule has 2 heterocycles. The smallest absolute Gasteiger partial charge is 0.164 e. The average molecular weight is 218 g/mol. The number of rotatable bonds is 2. The van der Waals surface area contributed by atoms with Crippen LogP contribution in [0.2, 0.25) is 0 Å². The van der Waals surface area contributed by atoms with Crippen molar-refractivity contribution >= 4 is 5.78 Å². The summed E-state index contributed by atoms with van der Waals surface area (Å²) in [5, 5.41) is 0. The van der Waals surface area contributed by atoms with Crippen LogP contribution in [0.3, 0.4) is 0 Å². The van der Waals surface area contributed by atoms with Crippen molar-refractivity contribution < 1.29 is 14.3 Å². The van der Waals surface area contributed by atoms with E-state index < -0.39 is 0 Å². The molecular formula is C13H14O3. The van der Waals surface area contributed by atoms with Gasteiger partial charge in [-0.3, -0.25) is 4.79 Å². The maximum atomic E-state index is 11.4. The first-order valence-electron chi connectivity index (χ1n) is 5.60. The molecule has 0 unspecified atom stereocenters. The zero-order valence-corrected chi connectivity index (χ0v) is 9.18. The first-order valence-corrected chi connectivity index (χ1v) is 5.60. The van der Waals surface area contributed by atoms with Crippen LogP contribution in [-0.2, 0) is 9.53 Å². The lowest BCUT2D eigenvalue weighted by molar-refractivity contribution is -0.122. The van der Waals surface area contributed by atoms with Gasteiger partial charge in [0.1, 0.15) is 11.9 Å². The van der Waals surface area contributed by atoms with Crippen LogP contribution in [0.4, 0.5) is 0 Å². The number of hydrogen-bond acceptors (Lipinski definition) is 3. The normalized spacial score (nSPS) is 32.1. The average Bonchev–Trinajstić information content (AvgIpc) is 2.88. The van der Waals surface area contributed by atoms with Crippen molar-refractivity contribution in [1.29, 1.82) is 0 Å². The fourth-order valence-corrected chi connectivity index (χ4v) is 2.67. The van der Waals surface area contributed by atoms with Gasteiger partial charge in [-0.15, -0.1) is 0 Å². The van der Waals surface area contributed by atoms with Gasteiger partial charge in [0.25, 0.3) is 0 Å². The highest BCUT2D eigenvalue weighted by atomic mass is 16.5. The number of methoxy groups -OCH3 is 1. The summed E-state index contributed by atoms with van der Waals surface area (Å²) in [5.74, 6) is 1.52. The van der Waals surface area contributed by atoms with Crippen molar-refractivity contribution in [2.45, 2.75) is 31.0 Å². The van der Waals surface area contributed by atoms with Gasteiger partial charge in [0.15, 0.2) is 5.78 Å². The topological polar surface area (TPSA) is 35.5 Å². The zero-order chi connectivity index (χ0) is 11.1. The molecule has 2 aliphatic heterocycles. The molecule has 0 spiro atoms. The monoisotopic (exact) mass is 218 g/mol. The van der Waals surface area contributed by atoms with Crippen LogP contribution in [0.1, 0.15) is 24.3 Å². The van der Waals surface area contributed by atoms with E-state index in [2.05, 4.69) is 12.1 Å². The Kier molecular flexibility index (Phi) is 2.21. The van der Waals surface area contributed by atoms with Gasteiger partial charge < -0.3 is 9.47 Å². The van der Waals surface area contributed by atoms with E-state index in [1.807, 2.05) is 12.1 Å². The Balaban J connectivity index is 1.81. The Labute approximate surface area is 94.4 Å². The van der Waals surface area contributed by atoms with Crippen molar-refractivity contribution in [2.75, 3.05) is 7.11 Å². The minimum absolute atomic E-state index is 0.103. The summed E-state index contributed by atoms with van der Waals surface area (Å²) in [5.41, 5.74) is 1.25. The molecule has 1 aromatic carbocycles. The lowest BCUT2D eigenvalue weighted by atomic mass is 9.83. The predicted octanol–water partition coefficient (Wildman–Crippen LogP) is 1.91. The van der Waals surface area contributed by atoms with Gasteiger partial charge in [-0.2, -0.15) is 0 Å². The maximum Gasteiger partial charge on any atom is 0.164 e. The standard InChI is InChI=1S/C13H14O3/c1-15-9-4-2-8(3-5-9)10-6-13-11(14)7-12(10)16-13/h2-5,10,12-13H,6-7H2,1H3/t10-,12-,13-/m1/s1. The van der Waals surface area contributed by atoms with Crippen molar-refractivity contribution in [2.24, 2.45) is 0 Å². The second kappa shape index (κ2) is 3.59. The second-order valence-corrected chi connectivity index (χ2v) is 4.45. The van der Waals surface area contributed by atoms with Crippen LogP contribution in [-0.4, -0.2) is 25.1 Å². The molecule has 16 heavy (non-hydrogen) atoms. The van der Waals surface area contributed by atoms with E-state index in [4.69, 9.17) is 9.47 Å². The van der Waals surface area contributed by atoms with Crippen LogP contribution in [0.25, 0.3) is 0 Å². The fourth-order valence-electron chi connectivity index (χ4n) is 2.67. The zero-order valence-electron chi connectivity index (χ0n) is 9.18. The van der Waals surface area contributed by atoms with Crippen LogP contribution in [0, 0.1) is 0 Å². The van der Waals surface area contributed by atoms with E-state index in [0.717, 1.165) is 12.2 Å². The molecule has 0 aromatic heterocycles. The van der Waals surface area contributed by atoms with E-state index in [-0.39, 0.29) is 18.0 Å². The molecule has 0 radical (unpaired) electrons. The van der Waals surface area contributed by atoms with Crippen LogP contribution < -0.4 is 4.74 Å². The van der Waals surface area contributed by atoms with Gasteiger partial charge in [-0.25, -0.2) is 0 Å². The van der Waals surface area contributed by atoms with Gasteiger partial charge >= 0.3 is 0 Å². The highest BCUT2D eigenvalue weighted by molar-refractivity contribution is 5.86. The number of hydrogen-bond donors (Lipinski definition) is 0. The number of benzene rings is 1. The van der Waals surface area contributed by atoms with E-state index in [9.17, 15) is 4.79 Å².